The molecule has 5 heteroatoms. The van der Waals surface area contributed by atoms with Crippen LogP contribution in [-0.4, -0.2) is 36.2 Å². The first-order valence-corrected chi connectivity index (χ1v) is 14.2. The van der Waals surface area contributed by atoms with Crippen molar-refractivity contribution in [3.8, 4) is 0 Å². The third-order valence-electron chi connectivity index (χ3n) is 6.35. The lowest BCUT2D eigenvalue weighted by molar-refractivity contribution is -0.149. The lowest BCUT2D eigenvalue weighted by Crippen LogP contribution is -2.39. The van der Waals surface area contributed by atoms with Crippen molar-refractivity contribution in [1.82, 2.24) is 5.32 Å². The van der Waals surface area contributed by atoms with Crippen LogP contribution in [0, 0.1) is 0 Å². The Morgan fingerprint density at radius 3 is 1.45 bits per heavy atom. The van der Waals surface area contributed by atoms with E-state index in [1.807, 2.05) is 0 Å². The SMILES string of the molecule is CCCCCCCCCCCCCNC(CC(=O)OCCCCCCCCCCC)C(=O)O. The summed E-state index contributed by atoms with van der Waals surface area (Å²) < 4.78 is 5.25. The van der Waals surface area contributed by atoms with Crippen molar-refractivity contribution in [3.05, 3.63) is 0 Å². The van der Waals surface area contributed by atoms with Gasteiger partial charge in [-0.15, -0.1) is 0 Å². The van der Waals surface area contributed by atoms with E-state index < -0.39 is 18.0 Å². The first-order chi connectivity index (χ1) is 16.1. The molecule has 1 unspecified atom stereocenters. The normalized spacial score (nSPS) is 12.1. The summed E-state index contributed by atoms with van der Waals surface area (Å²) in [5.41, 5.74) is 0. The number of esters is 1. The predicted octanol–water partition coefficient (Wildman–Crippen LogP) is 7.80. The fraction of sp³-hybridized carbons (Fsp3) is 0.929. The van der Waals surface area contributed by atoms with Gasteiger partial charge < -0.3 is 15.2 Å². The van der Waals surface area contributed by atoms with Gasteiger partial charge >= 0.3 is 11.9 Å². The number of hydrogen-bond acceptors (Lipinski definition) is 4. The summed E-state index contributed by atoms with van der Waals surface area (Å²) in [5, 5.41) is 12.4. The van der Waals surface area contributed by atoms with Gasteiger partial charge in [-0.2, -0.15) is 0 Å². The number of carboxylic acids is 1. The van der Waals surface area contributed by atoms with Crippen LogP contribution in [0.25, 0.3) is 0 Å². The fourth-order valence-corrected chi connectivity index (χ4v) is 4.14. The lowest BCUT2D eigenvalue weighted by atomic mass is 10.1. The number of carboxylic acid groups (broad SMARTS) is 1. The molecule has 0 bridgehead atoms. The van der Waals surface area contributed by atoms with Crippen LogP contribution < -0.4 is 5.32 Å². The highest BCUT2D eigenvalue weighted by molar-refractivity contribution is 5.81. The molecule has 0 saturated carbocycles. The highest BCUT2D eigenvalue weighted by Gasteiger charge is 2.21. The number of rotatable bonds is 26. The van der Waals surface area contributed by atoms with E-state index in [4.69, 9.17) is 4.74 Å². The van der Waals surface area contributed by atoms with Crippen LogP contribution in [0.1, 0.15) is 149 Å². The van der Waals surface area contributed by atoms with Gasteiger partial charge in [0.15, 0.2) is 0 Å². The van der Waals surface area contributed by atoms with Gasteiger partial charge in [0.2, 0.25) is 0 Å². The maximum absolute atomic E-state index is 12.0. The smallest absolute Gasteiger partial charge is 0.321 e. The highest BCUT2D eigenvalue weighted by Crippen LogP contribution is 2.12. The number of nitrogens with one attached hydrogen (secondary N) is 1. The molecule has 33 heavy (non-hydrogen) atoms. The average Bonchev–Trinajstić information content (AvgIpc) is 2.80. The molecule has 0 amide bonds. The Morgan fingerprint density at radius 2 is 1.03 bits per heavy atom. The summed E-state index contributed by atoms with van der Waals surface area (Å²) in [7, 11) is 0. The molecule has 0 rings (SSSR count). The first-order valence-electron chi connectivity index (χ1n) is 14.2. The van der Waals surface area contributed by atoms with Gasteiger partial charge in [0.05, 0.1) is 13.0 Å². The van der Waals surface area contributed by atoms with Gasteiger partial charge in [0.25, 0.3) is 0 Å². The Morgan fingerprint density at radius 1 is 0.636 bits per heavy atom. The highest BCUT2D eigenvalue weighted by atomic mass is 16.5. The van der Waals surface area contributed by atoms with Crippen molar-refractivity contribution in [3.63, 3.8) is 0 Å². The maximum atomic E-state index is 12.0. The van der Waals surface area contributed by atoms with Crippen LogP contribution in [0.4, 0.5) is 0 Å². The zero-order chi connectivity index (χ0) is 24.4. The van der Waals surface area contributed by atoms with Crippen molar-refractivity contribution in [2.75, 3.05) is 13.2 Å². The molecule has 0 aromatic rings. The van der Waals surface area contributed by atoms with E-state index in [1.165, 1.54) is 103 Å². The number of unbranched alkanes of at least 4 members (excludes halogenated alkanes) is 18. The molecule has 0 saturated heterocycles. The summed E-state index contributed by atoms with van der Waals surface area (Å²) in [5.74, 6) is -1.38. The van der Waals surface area contributed by atoms with E-state index in [2.05, 4.69) is 19.2 Å². The van der Waals surface area contributed by atoms with E-state index >= 15 is 0 Å². The Labute approximate surface area is 204 Å². The molecule has 1 atom stereocenters. The molecule has 5 nitrogen and oxygen atoms in total. The van der Waals surface area contributed by atoms with Gasteiger partial charge in [-0.25, -0.2) is 0 Å². The monoisotopic (exact) mass is 469 g/mol. The topological polar surface area (TPSA) is 75.6 Å². The van der Waals surface area contributed by atoms with E-state index in [0.717, 1.165) is 25.7 Å². The standard InChI is InChI=1S/C28H55NO4/c1-3-5-7-9-11-13-14-15-17-19-21-23-29-26(28(31)32)25-27(30)33-24-22-20-18-16-12-10-8-6-4-2/h26,29H,3-25H2,1-2H3,(H,31,32). The van der Waals surface area contributed by atoms with E-state index in [-0.39, 0.29) is 6.42 Å². The third-order valence-corrected chi connectivity index (χ3v) is 6.35. The van der Waals surface area contributed by atoms with Crippen LogP contribution in [0.15, 0.2) is 0 Å². The number of hydrogen-bond donors (Lipinski definition) is 2. The second-order valence-corrected chi connectivity index (χ2v) is 9.63. The van der Waals surface area contributed by atoms with Crippen molar-refractivity contribution in [2.45, 2.75) is 155 Å². The van der Waals surface area contributed by atoms with Crippen LogP contribution in [0.2, 0.25) is 0 Å². The molecule has 196 valence electrons. The van der Waals surface area contributed by atoms with Crippen LogP contribution in [0.3, 0.4) is 0 Å². The summed E-state index contributed by atoms with van der Waals surface area (Å²) in [4.78, 5) is 23.4. The van der Waals surface area contributed by atoms with Gasteiger partial charge in [-0.1, -0.05) is 129 Å². The van der Waals surface area contributed by atoms with E-state index in [9.17, 15) is 14.7 Å². The molecule has 0 heterocycles. The number of ether oxygens (including phenoxy) is 1. The second kappa shape index (κ2) is 25.5. The van der Waals surface area contributed by atoms with Gasteiger partial charge in [-0.05, 0) is 19.4 Å². The number of carbonyl (C=O) groups excluding carboxylic acids is 1. The molecule has 0 aliphatic heterocycles. The summed E-state index contributed by atoms with van der Waals surface area (Å²) in [6.45, 7) is 5.52. The fourth-order valence-electron chi connectivity index (χ4n) is 4.14. The largest absolute Gasteiger partial charge is 0.480 e. The zero-order valence-electron chi connectivity index (χ0n) is 22.0. The molecule has 0 spiro atoms. The Hall–Kier alpha value is -1.10. The van der Waals surface area contributed by atoms with Crippen molar-refractivity contribution < 1.29 is 19.4 Å². The summed E-state index contributed by atoms with van der Waals surface area (Å²) in [6.07, 6.45) is 24.8. The quantitative estimate of drug-likeness (QED) is 0.0998. The maximum Gasteiger partial charge on any atom is 0.321 e. The molecule has 0 aliphatic carbocycles. The first kappa shape index (κ1) is 31.9. The van der Waals surface area contributed by atoms with Crippen molar-refractivity contribution in [2.24, 2.45) is 0 Å². The predicted molar refractivity (Wildman–Crippen MR) is 139 cm³/mol. The van der Waals surface area contributed by atoms with Crippen LogP contribution >= 0.6 is 0 Å². The second-order valence-electron chi connectivity index (χ2n) is 9.63. The Kier molecular flexibility index (Phi) is 24.7. The third kappa shape index (κ3) is 23.8. The van der Waals surface area contributed by atoms with Crippen molar-refractivity contribution >= 4 is 11.9 Å². The van der Waals surface area contributed by atoms with E-state index in [1.54, 1.807) is 0 Å². The van der Waals surface area contributed by atoms with Gasteiger partial charge in [0, 0.05) is 0 Å². The van der Waals surface area contributed by atoms with Crippen LogP contribution in [-0.2, 0) is 14.3 Å². The van der Waals surface area contributed by atoms with Crippen LogP contribution in [0.5, 0.6) is 0 Å². The lowest BCUT2D eigenvalue weighted by Gasteiger charge is -2.14. The van der Waals surface area contributed by atoms with Gasteiger partial charge in [0.1, 0.15) is 6.04 Å². The molecule has 0 radical (unpaired) electrons. The molecular weight excluding hydrogens is 414 g/mol. The Balaban J connectivity index is 3.59. The molecule has 0 fully saturated rings. The van der Waals surface area contributed by atoms with Gasteiger partial charge in [-0.3, -0.25) is 9.59 Å². The van der Waals surface area contributed by atoms with Crippen molar-refractivity contribution in [1.29, 1.82) is 0 Å². The molecular formula is C28H55NO4. The molecule has 0 aliphatic rings. The minimum absolute atomic E-state index is 0.0925. The zero-order valence-corrected chi connectivity index (χ0v) is 22.0. The minimum atomic E-state index is -0.974. The number of carbonyl (C=O) groups is 2. The minimum Gasteiger partial charge on any atom is -0.480 e. The Bertz CT molecular complexity index is 442. The molecule has 0 aromatic carbocycles. The molecule has 0 aromatic heterocycles. The number of aliphatic carboxylic acids is 1. The summed E-state index contributed by atoms with van der Waals surface area (Å²) >= 11 is 0. The summed E-state index contributed by atoms with van der Waals surface area (Å²) in [6, 6.07) is -0.844. The van der Waals surface area contributed by atoms with E-state index in [0.29, 0.717) is 13.2 Å². The average molecular weight is 470 g/mol. The molecule has 2 N–H and O–H groups in total.